The number of aliphatic hydroxyl groups is 1. The Bertz CT molecular complexity index is 688. The molecule has 1 aromatic carbocycles. The molecule has 1 saturated heterocycles. The standard InChI is InChI=1S/C15H16N2O4/c1-21-13-4-2-3-11-10(13)5-6-16-14(11)17-8-9(18)7-12(17)15(19)20/h2-6,9,12,18H,7-8H2,1H3,(H,19,20). The highest BCUT2D eigenvalue weighted by Crippen LogP contribution is 2.34. The summed E-state index contributed by atoms with van der Waals surface area (Å²) in [7, 11) is 1.59. The number of hydrogen-bond acceptors (Lipinski definition) is 5. The van der Waals surface area contributed by atoms with Gasteiger partial charge >= 0.3 is 5.97 Å². The molecule has 2 atom stereocenters. The first-order valence-electron chi connectivity index (χ1n) is 6.71. The monoisotopic (exact) mass is 288 g/mol. The summed E-state index contributed by atoms with van der Waals surface area (Å²) in [5.41, 5.74) is 0. The number of nitrogens with zero attached hydrogens (tertiary/aromatic N) is 2. The number of pyridine rings is 1. The molecule has 6 nitrogen and oxygen atoms in total. The van der Waals surface area contributed by atoms with Gasteiger partial charge in [0.25, 0.3) is 0 Å². The van der Waals surface area contributed by atoms with Crippen molar-refractivity contribution in [1.29, 1.82) is 0 Å². The first kappa shape index (κ1) is 13.6. The van der Waals surface area contributed by atoms with Gasteiger partial charge in [-0.3, -0.25) is 0 Å². The predicted octanol–water partition coefficient (Wildman–Crippen LogP) is 1.27. The number of anilines is 1. The van der Waals surface area contributed by atoms with Gasteiger partial charge in [-0.1, -0.05) is 12.1 Å². The third-order valence-corrected chi connectivity index (χ3v) is 3.80. The molecular weight excluding hydrogens is 272 g/mol. The highest BCUT2D eigenvalue weighted by atomic mass is 16.5. The molecule has 1 aliphatic rings. The van der Waals surface area contributed by atoms with E-state index in [-0.39, 0.29) is 13.0 Å². The first-order valence-corrected chi connectivity index (χ1v) is 6.71. The van der Waals surface area contributed by atoms with Crippen molar-refractivity contribution >= 4 is 22.6 Å². The number of carbonyl (C=O) groups is 1. The van der Waals surface area contributed by atoms with Crippen LogP contribution in [0.2, 0.25) is 0 Å². The number of carboxylic acid groups (broad SMARTS) is 1. The third kappa shape index (κ3) is 2.27. The van der Waals surface area contributed by atoms with Gasteiger partial charge in [-0.2, -0.15) is 0 Å². The molecular formula is C15H16N2O4. The minimum Gasteiger partial charge on any atom is -0.496 e. The lowest BCUT2D eigenvalue weighted by atomic mass is 10.1. The molecule has 0 radical (unpaired) electrons. The zero-order valence-electron chi connectivity index (χ0n) is 11.6. The SMILES string of the molecule is COc1cccc2c(N3CC(O)CC3C(=O)O)nccc12. The Hall–Kier alpha value is -2.34. The molecule has 2 heterocycles. The van der Waals surface area contributed by atoms with Crippen molar-refractivity contribution in [2.75, 3.05) is 18.6 Å². The summed E-state index contributed by atoms with van der Waals surface area (Å²) in [6, 6.07) is 6.64. The lowest BCUT2D eigenvalue weighted by molar-refractivity contribution is -0.138. The number of ether oxygens (including phenoxy) is 1. The van der Waals surface area contributed by atoms with Crippen molar-refractivity contribution in [2.24, 2.45) is 0 Å². The molecule has 2 aromatic rings. The second-order valence-corrected chi connectivity index (χ2v) is 5.09. The van der Waals surface area contributed by atoms with E-state index >= 15 is 0 Å². The van der Waals surface area contributed by atoms with E-state index in [9.17, 15) is 15.0 Å². The molecule has 0 amide bonds. The number of carboxylic acids is 1. The van der Waals surface area contributed by atoms with Crippen LogP contribution < -0.4 is 9.64 Å². The molecule has 2 unspecified atom stereocenters. The van der Waals surface area contributed by atoms with Gasteiger partial charge in [0.1, 0.15) is 17.6 Å². The van der Waals surface area contributed by atoms with E-state index in [1.807, 2.05) is 24.3 Å². The Balaban J connectivity index is 2.14. The maximum atomic E-state index is 11.4. The van der Waals surface area contributed by atoms with Gasteiger partial charge in [0.15, 0.2) is 0 Å². The summed E-state index contributed by atoms with van der Waals surface area (Å²) in [5, 5.41) is 20.8. The summed E-state index contributed by atoms with van der Waals surface area (Å²) in [5.74, 6) is 0.325. The quantitative estimate of drug-likeness (QED) is 0.885. The largest absolute Gasteiger partial charge is 0.496 e. The Morgan fingerprint density at radius 3 is 2.90 bits per heavy atom. The number of methoxy groups -OCH3 is 1. The van der Waals surface area contributed by atoms with Crippen LogP contribution in [0.3, 0.4) is 0 Å². The van der Waals surface area contributed by atoms with Gasteiger partial charge in [0, 0.05) is 29.9 Å². The van der Waals surface area contributed by atoms with Crippen LogP contribution in [-0.2, 0) is 4.79 Å². The fourth-order valence-electron chi connectivity index (χ4n) is 2.85. The van der Waals surface area contributed by atoms with E-state index in [4.69, 9.17) is 4.74 Å². The average Bonchev–Trinajstić information content (AvgIpc) is 2.88. The number of fused-ring (bicyclic) bond motifs is 1. The maximum absolute atomic E-state index is 11.4. The van der Waals surface area contributed by atoms with Crippen molar-refractivity contribution in [3.8, 4) is 5.75 Å². The predicted molar refractivity (Wildman–Crippen MR) is 77.7 cm³/mol. The van der Waals surface area contributed by atoms with Gasteiger partial charge in [0.2, 0.25) is 0 Å². The lowest BCUT2D eigenvalue weighted by Gasteiger charge is -2.23. The molecule has 0 saturated carbocycles. The normalized spacial score (nSPS) is 21.7. The Morgan fingerprint density at radius 2 is 2.19 bits per heavy atom. The number of rotatable bonds is 3. The van der Waals surface area contributed by atoms with Crippen LogP contribution in [0.25, 0.3) is 10.8 Å². The van der Waals surface area contributed by atoms with Crippen molar-refractivity contribution in [3.63, 3.8) is 0 Å². The smallest absolute Gasteiger partial charge is 0.326 e. The highest BCUT2D eigenvalue weighted by Gasteiger charge is 2.37. The van der Waals surface area contributed by atoms with Crippen LogP contribution in [0.5, 0.6) is 5.75 Å². The molecule has 110 valence electrons. The van der Waals surface area contributed by atoms with Gasteiger partial charge in [-0.25, -0.2) is 9.78 Å². The topological polar surface area (TPSA) is 82.9 Å². The number of benzene rings is 1. The van der Waals surface area contributed by atoms with Crippen LogP contribution in [0.4, 0.5) is 5.82 Å². The van der Waals surface area contributed by atoms with Gasteiger partial charge in [0.05, 0.1) is 13.2 Å². The fraction of sp³-hybridized carbons (Fsp3) is 0.333. The van der Waals surface area contributed by atoms with E-state index in [2.05, 4.69) is 4.98 Å². The van der Waals surface area contributed by atoms with E-state index < -0.39 is 18.1 Å². The van der Waals surface area contributed by atoms with Crippen molar-refractivity contribution < 1.29 is 19.7 Å². The Morgan fingerprint density at radius 1 is 1.38 bits per heavy atom. The van der Waals surface area contributed by atoms with Crippen LogP contribution in [-0.4, -0.2) is 47.0 Å². The lowest BCUT2D eigenvalue weighted by Crippen LogP contribution is -2.36. The van der Waals surface area contributed by atoms with E-state index in [0.29, 0.717) is 11.6 Å². The van der Waals surface area contributed by atoms with Gasteiger partial charge in [-0.05, 0) is 12.1 Å². The van der Waals surface area contributed by atoms with Crippen molar-refractivity contribution in [2.45, 2.75) is 18.6 Å². The van der Waals surface area contributed by atoms with Gasteiger partial charge in [-0.15, -0.1) is 0 Å². The van der Waals surface area contributed by atoms with Crippen LogP contribution in [0.15, 0.2) is 30.5 Å². The molecule has 21 heavy (non-hydrogen) atoms. The second-order valence-electron chi connectivity index (χ2n) is 5.09. The minimum absolute atomic E-state index is 0.206. The van der Waals surface area contributed by atoms with Crippen LogP contribution >= 0.6 is 0 Å². The molecule has 1 fully saturated rings. The summed E-state index contributed by atoms with van der Waals surface area (Å²) < 4.78 is 5.33. The van der Waals surface area contributed by atoms with Crippen LogP contribution in [0.1, 0.15) is 6.42 Å². The van der Waals surface area contributed by atoms with E-state index in [1.54, 1.807) is 18.2 Å². The zero-order chi connectivity index (χ0) is 15.0. The summed E-state index contributed by atoms with van der Waals surface area (Å²) in [6.45, 7) is 0.264. The molecule has 1 aliphatic heterocycles. The van der Waals surface area contributed by atoms with Crippen LogP contribution in [0, 0.1) is 0 Å². The molecule has 3 rings (SSSR count). The molecule has 2 N–H and O–H groups in total. The summed E-state index contributed by atoms with van der Waals surface area (Å²) in [6.07, 6.45) is 1.18. The van der Waals surface area contributed by atoms with E-state index in [1.165, 1.54) is 0 Å². The second kappa shape index (κ2) is 5.21. The number of β-amino-alcohol motifs (C(OH)–C–C–N with tert-alkyl or cyclic N) is 1. The van der Waals surface area contributed by atoms with E-state index in [0.717, 1.165) is 10.8 Å². The minimum atomic E-state index is -0.951. The number of aliphatic carboxylic acids is 1. The zero-order valence-corrected chi connectivity index (χ0v) is 11.6. The van der Waals surface area contributed by atoms with Crippen molar-refractivity contribution in [1.82, 2.24) is 4.98 Å². The Kier molecular flexibility index (Phi) is 3.39. The molecule has 0 spiro atoms. The summed E-state index contributed by atoms with van der Waals surface area (Å²) >= 11 is 0. The molecule has 6 heteroatoms. The molecule has 1 aromatic heterocycles. The highest BCUT2D eigenvalue weighted by molar-refractivity contribution is 5.97. The molecule has 0 aliphatic carbocycles. The maximum Gasteiger partial charge on any atom is 0.326 e. The molecule has 0 bridgehead atoms. The van der Waals surface area contributed by atoms with Crippen molar-refractivity contribution in [3.05, 3.63) is 30.5 Å². The van der Waals surface area contributed by atoms with Gasteiger partial charge < -0.3 is 19.8 Å². The number of aliphatic hydroxyl groups excluding tert-OH is 1. The fourth-order valence-corrected chi connectivity index (χ4v) is 2.85. The summed E-state index contributed by atoms with van der Waals surface area (Å²) in [4.78, 5) is 17.4. The number of hydrogen-bond donors (Lipinski definition) is 2. The Labute approximate surface area is 121 Å². The number of aromatic nitrogens is 1. The first-order chi connectivity index (χ1) is 10.1. The average molecular weight is 288 g/mol. The third-order valence-electron chi connectivity index (χ3n) is 3.80.